The van der Waals surface area contributed by atoms with Crippen LogP contribution in [0, 0.1) is 24.7 Å². The standard InChI is InChI=1S/C17H29N3S/c1-11(2)18-9-16-12(3)19-17(21-16)20(4)10-15-8-13-5-6-14(15)7-13/h11,13-15,18H,5-10H2,1-4H3. The molecule has 1 aromatic rings. The van der Waals surface area contributed by atoms with Gasteiger partial charge in [0.2, 0.25) is 0 Å². The van der Waals surface area contributed by atoms with Crippen molar-refractivity contribution in [3.8, 4) is 0 Å². The summed E-state index contributed by atoms with van der Waals surface area (Å²) in [6.07, 6.45) is 5.93. The van der Waals surface area contributed by atoms with E-state index in [9.17, 15) is 0 Å². The Morgan fingerprint density at radius 3 is 2.76 bits per heavy atom. The largest absolute Gasteiger partial charge is 0.351 e. The zero-order chi connectivity index (χ0) is 15.0. The van der Waals surface area contributed by atoms with Gasteiger partial charge in [-0.3, -0.25) is 0 Å². The van der Waals surface area contributed by atoms with E-state index in [2.05, 4.69) is 38.0 Å². The van der Waals surface area contributed by atoms with E-state index in [-0.39, 0.29) is 0 Å². The number of hydrogen-bond acceptors (Lipinski definition) is 4. The maximum absolute atomic E-state index is 4.80. The molecule has 0 saturated heterocycles. The van der Waals surface area contributed by atoms with Crippen LogP contribution in [0.5, 0.6) is 0 Å². The Kier molecular flexibility index (Phi) is 4.55. The van der Waals surface area contributed by atoms with Crippen LogP contribution < -0.4 is 10.2 Å². The van der Waals surface area contributed by atoms with Gasteiger partial charge in [0.25, 0.3) is 0 Å². The van der Waals surface area contributed by atoms with E-state index in [1.54, 1.807) is 0 Å². The minimum absolute atomic E-state index is 0.529. The fourth-order valence-electron chi connectivity index (χ4n) is 4.07. The Morgan fingerprint density at radius 1 is 1.33 bits per heavy atom. The summed E-state index contributed by atoms with van der Waals surface area (Å²) in [5.41, 5.74) is 1.20. The number of aryl methyl sites for hydroxylation is 1. The number of nitrogens with one attached hydrogen (secondary N) is 1. The zero-order valence-corrected chi connectivity index (χ0v) is 14.7. The quantitative estimate of drug-likeness (QED) is 0.866. The van der Waals surface area contributed by atoms with Crippen LogP contribution in [0.25, 0.3) is 0 Å². The van der Waals surface area contributed by atoms with Crippen molar-refractivity contribution in [1.29, 1.82) is 0 Å². The van der Waals surface area contributed by atoms with E-state index in [0.29, 0.717) is 6.04 Å². The topological polar surface area (TPSA) is 28.2 Å². The van der Waals surface area contributed by atoms with E-state index in [1.807, 2.05) is 11.3 Å². The Hall–Kier alpha value is -0.610. The van der Waals surface area contributed by atoms with E-state index in [1.165, 1.54) is 47.9 Å². The normalized spacial score (nSPS) is 27.8. The monoisotopic (exact) mass is 307 g/mol. The minimum Gasteiger partial charge on any atom is -0.351 e. The first-order valence-corrected chi connectivity index (χ1v) is 9.25. The molecule has 2 aliphatic rings. The molecule has 3 rings (SSSR count). The maximum atomic E-state index is 4.80. The Balaban J connectivity index is 1.59. The Labute approximate surface area is 133 Å². The van der Waals surface area contributed by atoms with Crippen molar-refractivity contribution >= 4 is 16.5 Å². The highest BCUT2D eigenvalue weighted by atomic mass is 32.1. The van der Waals surface area contributed by atoms with Crippen molar-refractivity contribution in [2.45, 2.75) is 59.0 Å². The van der Waals surface area contributed by atoms with Gasteiger partial charge in [-0.25, -0.2) is 4.98 Å². The van der Waals surface area contributed by atoms with Crippen LogP contribution in [0.15, 0.2) is 0 Å². The first kappa shape index (κ1) is 15.3. The molecule has 1 heterocycles. The summed E-state index contributed by atoms with van der Waals surface area (Å²) in [6.45, 7) is 8.67. The van der Waals surface area contributed by atoms with E-state index in [4.69, 9.17) is 4.98 Å². The molecular formula is C17H29N3S. The number of thiazole rings is 1. The van der Waals surface area contributed by atoms with Gasteiger partial charge < -0.3 is 10.2 Å². The van der Waals surface area contributed by atoms with E-state index >= 15 is 0 Å². The number of nitrogens with zero attached hydrogens (tertiary/aromatic N) is 2. The molecule has 3 nitrogen and oxygen atoms in total. The van der Waals surface area contributed by atoms with Gasteiger partial charge >= 0.3 is 0 Å². The van der Waals surface area contributed by atoms with Crippen LogP contribution in [-0.2, 0) is 6.54 Å². The molecule has 21 heavy (non-hydrogen) atoms. The van der Waals surface area contributed by atoms with Crippen molar-refractivity contribution in [2.75, 3.05) is 18.5 Å². The second-order valence-electron chi connectivity index (χ2n) is 7.36. The molecule has 0 aromatic carbocycles. The summed E-state index contributed by atoms with van der Waals surface area (Å²) in [5.74, 6) is 2.95. The lowest BCUT2D eigenvalue weighted by Gasteiger charge is -2.26. The van der Waals surface area contributed by atoms with Gasteiger partial charge in [-0.2, -0.15) is 0 Å². The SMILES string of the molecule is Cc1nc(N(C)CC2CC3CCC2C3)sc1CNC(C)C. The molecule has 1 aromatic heterocycles. The second-order valence-corrected chi connectivity index (χ2v) is 8.42. The van der Waals surface area contributed by atoms with Gasteiger partial charge in [0, 0.05) is 31.1 Å². The van der Waals surface area contributed by atoms with Crippen molar-refractivity contribution in [3.05, 3.63) is 10.6 Å². The molecule has 0 aliphatic heterocycles. The molecule has 3 unspecified atom stereocenters. The molecule has 3 atom stereocenters. The third-order valence-electron chi connectivity index (χ3n) is 5.27. The van der Waals surface area contributed by atoms with Gasteiger partial charge in [-0.05, 0) is 43.9 Å². The summed E-state index contributed by atoms with van der Waals surface area (Å²) in [5, 5.41) is 4.71. The van der Waals surface area contributed by atoms with Gasteiger partial charge in [0.15, 0.2) is 5.13 Å². The molecule has 1 N–H and O–H groups in total. The van der Waals surface area contributed by atoms with E-state index in [0.717, 1.165) is 24.3 Å². The minimum atomic E-state index is 0.529. The fourth-order valence-corrected chi connectivity index (χ4v) is 5.05. The smallest absolute Gasteiger partial charge is 0.185 e. The molecular weight excluding hydrogens is 278 g/mol. The number of hydrogen-bond donors (Lipinski definition) is 1. The second kappa shape index (κ2) is 6.25. The Bertz CT molecular complexity index is 482. The molecule has 2 bridgehead atoms. The number of anilines is 1. The van der Waals surface area contributed by atoms with Gasteiger partial charge in [-0.1, -0.05) is 20.3 Å². The van der Waals surface area contributed by atoms with Gasteiger partial charge in [0.05, 0.1) is 5.69 Å². The van der Waals surface area contributed by atoms with Crippen LogP contribution in [0.1, 0.15) is 50.1 Å². The third kappa shape index (κ3) is 3.42. The molecule has 2 saturated carbocycles. The van der Waals surface area contributed by atoms with Crippen molar-refractivity contribution in [1.82, 2.24) is 10.3 Å². The zero-order valence-electron chi connectivity index (χ0n) is 13.9. The highest BCUT2D eigenvalue weighted by molar-refractivity contribution is 7.15. The number of fused-ring (bicyclic) bond motifs is 2. The third-order valence-corrected chi connectivity index (χ3v) is 6.54. The van der Waals surface area contributed by atoms with Crippen LogP contribution in [-0.4, -0.2) is 24.6 Å². The average Bonchev–Trinajstić information content (AvgIpc) is 3.11. The summed E-state index contributed by atoms with van der Waals surface area (Å²) < 4.78 is 0. The highest BCUT2D eigenvalue weighted by Crippen LogP contribution is 2.48. The number of rotatable bonds is 6. The molecule has 0 amide bonds. The molecule has 0 radical (unpaired) electrons. The summed E-state index contributed by atoms with van der Waals surface area (Å²) in [4.78, 5) is 8.59. The van der Waals surface area contributed by atoms with Crippen LogP contribution in [0.3, 0.4) is 0 Å². The van der Waals surface area contributed by atoms with Crippen molar-refractivity contribution in [3.63, 3.8) is 0 Å². The predicted octanol–water partition coefficient (Wildman–Crippen LogP) is 3.82. The highest BCUT2D eigenvalue weighted by Gasteiger charge is 2.39. The van der Waals surface area contributed by atoms with Crippen molar-refractivity contribution in [2.24, 2.45) is 17.8 Å². The fraction of sp³-hybridized carbons (Fsp3) is 0.824. The lowest BCUT2D eigenvalue weighted by molar-refractivity contribution is 0.337. The van der Waals surface area contributed by atoms with E-state index < -0.39 is 0 Å². The lowest BCUT2D eigenvalue weighted by Crippen LogP contribution is -2.28. The summed E-state index contributed by atoms with van der Waals surface area (Å²) in [6, 6.07) is 0.529. The molecule has 118 valence electrons. The lowest BCUT2D eigenvalue weighted by atomic mass is 9.88. The molecule has 0 spiro atoms. The average molecular weight is 308 g/mol. The maximum Gasteiger partial charge on any atom is 0.185 e. The molecule has 4 heteroatoms. The predicted molar refractivity (Wildman–Crippen MR) is 91.0 cm³/mol. The van der Waals surface area contributed by atoms with Crippen LogP contribution >= 0.6 is 11.3 Å². The Morgan fingerprint density at radius 2 is 2.14 bits per heavy atom. The van der Waals surface area contributed by atoms with Crippen molar-refractivity contribution < 1.29 is 0 Å². The van der Waals surface area contributed by atoms with Gasteiger partial charge in [-0.15, -0.1) is 11.3 Å². The first-order valence-electron chi connectivity index (χ1n) is 8.43. The molecule has 2 aliphatic carbocycles. The molecule has 2 fully saturated rings. The van der Waals surface area contributed by atoms with Crippen LogP contribution in [0.4, 0.5) is 5.13 Å². The first-order chi connectivity index (χ1) is 10.0. The van der Waals surface area contributed by atoms with Gasteiger partial charge in [0.1, 0.15) is 0 Å². The summed E-state index contributed by atoms with van der Waals surface area (Å²) in [7, 11) is 2.23. The number of aromatic nitrogens is 1. The van der Waals surface area contributed by atoms with Crippen LogP contribution in [0.2, 0.25) is 0 Å². The summed E-state index contributed by atoms with van der Waals surface area (Å²) >= 11 is 1.87.